The number of hydrogen-bond acceptors (Lipinski definition) is 4. The number of ether oxygens (including phenoxy) is 3. The van der Waals surface area contributed by atoms with E-state index < -0.39 is 35.0 Å². The monoisotopic (exact) mass is 566 g/mol. The second-order valence-electron chi connectivity index (χ2n) is 9.37. The summed E-state index contributed by atoms with van der Waals surface area (Å²) in [5.41, 5.74) is 0.734. The molecule has 4 aromatic rings. The van der Waals surface area contributed by atoms with Crippen LogP contribution in [0.15, 0.2) is 72.8 Å². The number of carbonyl (C=O) groups excluding carboxylic acids is 1. The molecular formula is C33H30F4O4. The van der Waals surface area contributed by atoms with Crippen molar-refractivity contribution in [3.05, 3.63) is 102 Å². The molecule has 0 unspecified atom stereocenters. The normalized spacial score (nSPS) is 10.9. The number of hydrogen-bond donors (Lipinski definition) is 0. The molecular weight excluding hydrogens is 536 g/mol. The van der Waals surface area contributed by atoms with Crippen LogP contribution in [0.1, 0.15) is 49.9 Å². The van der Waals surface area contributed by atoms with Gasteiger partial charge in [0.15, 0.2) is 23.1 Å². The van der Waals surface area contributed by atoms with Crippen LogP contribution in [0.5, 0.6) is 17.2 Å². The lowest BCUT2D eigenvalue weighted by Gasteiger charge is -2.11. The molecule has 0 spiro atoms. The van der Waals surface area contributed by atoms with E-state index in [0.29, 0.717) is 29.9 Å². The lowest BCUT2D eigenvalue weighted by atomic mass is 10.0. The summed E-state index contributed by atoms with van der Waals surface area (Å²) in [7, 11) is 0. The van der Waals surface area contributed by atoms with Crippen LogP contribution in [0.3, 0.4) is 0 Å². The van der Waals surface area contributed by atoms with E-state index in [0.717, 1.165) is 19.3 Å². The van der Waals surface area contributed by atoms with Crippen LogP contribution >= 0.6 is 0 Å². The van der Waals surface area contributed by atoms with Gasteiger partial charge < -0.3 is 14.2 Å². The second kappa shape index (κ2) is 13.8. The molecule has 0 aliphatic heterocycles. The van der Waals surface area contributed by atoms with E-state index in [4.69, 9.17) is 14.2 Å². The summed E-state index contributed by atoms with van der Waals surface area (Å²) in [5.74, 6) is -5.71. The third kappa shape index (κ3) is 7.06. The number of benzene rings is 4. The maximum atomic E-state index is 14.9. The second-order valence-corrected chi connectivity index (χ2v) is 9.37. The van der Waals surface area contributed by atoms with Gasteiger partial charge in [-0.1, -0.05) is 51.0 Å². The van der Waals surface area contributed by atoms with E-state index in [2.05, 4.69) is 6.92 Å². The molecule has 0 fully saturated rings. The predicted octanol–water partition coefficient (Wildman–Crippen LogP) is 9.15. The molecule has 0 amide bonds. The van der Waals surface area contributed by atoms with Gasteiger partial charge in [0.1, 0.15) is 5.75 Å². The Bertz CT molecular complexity index is 1490. The van der Waals surface area contributed by atoms with Crippen LogP contribution in [0, 0.1) is 23.3 Å². The Kier molecular flexibility index (Phi) is 10.0. The van der Waals surface area contributed by atoms with Gasteiger partial charge in [0, 0.05) is 11.1 Å². The third-order valence-corrected chi connectivity index (χ3v) is 6.42. The molecule has 4 nitrogen and oxygen atoms in total. The molecule has 0 heterocycles. The Morgan fingerprint density at radius 3 is 1.63 bits per heavy atom. The quantitative estimate of drug-likeness (QED) is 0.0742. The summed E-state index contributed by atoms with van der Waals surface area (Å²) in [4.78, 5) is 12.6. The number of rotatable bonds is 12. The van der Waals surface area contributed by atoms with Crippen molar-refractivity contribution in [3.8, 4) is 39.5 Å². The topological polar surface area (TPSA) is 44.8 Å². The highest BCUT2D eigenvalue weighted by Crippen LogP contribution is 2.33. The van der Waals surface area contributed by atoms with Crippen LogP contribution in [0.25, 0.3) is 22.3 Å². The Balaban J connectivity index is 1.45. The van der Waals surface area contributed by atoms with Gasteiger partial charge in [0.2, 0.25) is 11.6 Å². The Morgan fingerprint density at radius 1 is 0.585 bits per heavy atom. The van der Waals surface area contributed by atoms with Gasteiger partial charge in [0.25, 0.3) is 0 Å². The SMILES string of the molecule is CCCCOc1ccc(-c2ccc(OC(=O)c3ccc(-c4ccc(OCCCC)c(F)c4F)cc3)c(F)c2F)cc1. The first-order valence-electron chi connectivity index (χ1n) is 13.5. The standard InChI is InChI=1S/C33H30F4O4/c1-3-5-19-39-24-13-11-22(12-14-24)26-16-18-28(32(37)30(26)35)41-33(38)23-9-7-21(8-10-23)25-15-17-27(31(36)29(25)34)40-20-6-4-2/h7-18H,3-6,19-20H2,1-2H3. The molecule has 0 N–H and O–H groups in total. The minimum atomic E-state index is -1.31. The molecule has 214 valence electrons. The summed E-state index contributed by atoms with van der Waals surface area (Å²) in [5, 5.41) is 0. The lowest BCUT2D eigenvalue weighted by molar-refractivity contribution is 0.0726. The van der Waals surface area contributed by atoms with Gasteiger partial charge in [-0.15, -0.1) is 0 Å². The largest absolute Gasteiger partial charge is 0.494 e. The first-order chi connectivity index (χ1) is 19.8. The lowest BCUT2D eigenvalue weighted by Crippen LogP contribution is -2.10. The summed E-state index contributed by atoms with van der Waals surface area (Å²) >= 11 is 0. The molecule has 0 aliphatic rings. The molecule has 0 aliphatic carbocycles. The van der Waals surface area contributed by atoms with E-state index in [9.17, 15) is 22.4 Å². The van der Waals surface area contributed by atoms with Crippen LogP contribution in [-0.2, 0) is 0 Å². The molecule has 0 saturated heterocycles. The van der Waals surface area contributed by atoms with Crippen LogP contribution in [0.4, 0.5) is 17.6 Å². The number of unbranched alkanes of at least 4 members (excludes halogenated alkanes) is 2. The fourth-order valence-corrected chi connectivity index (χ4v) is 4.04. The maximum Gasteiger partial charge on any atom is 0.343 e. The Morgan fingerprint density at radius 2 is 1.07 bits per heavy atom. The summed E-state index contributed by atoms with van der Waals surface area (Å²) in [6.45, 7) is 4.86. The van der Waals surface area contributed by atoms with E-state index >= 15 is 0 Å². The predicted molar refractivity (Wildman–Crippen MR) is 149 cm³/mol. The van der Waals surface area contributed by atoms with Crippen LogP contribution < -0.4 is 14.2 Å². The molecule has 0 radical (unpaired) electrons. The van der Waals surface area contributed by atoms with Gasteiger partial charge in [0.05, 0.1) is 18.8 Å². The van der Waals surface area contributed by atoms with E-state index in [1.54, 1.807) is 24.3 Å². The van der Waals surface area contributed by atoms with Crippen molar-refractivity contribution in [2.24, 2.45) is 0 Å². The zero-order valence-electron chi connectivity index (χ0n) is 22.8. The summed E-state index contributed by atoms with van der Waals surface area (Å²) in [6, 6.07) is 17.3. The van der Waals surface area contributed by atoms with Crippen molar-refractivity contribution in [3.63, 3.8) is 0 Å². The molecule has 0 saturated carbocycles. The minimum absolute atomic E-state index is 0.00259. The van der Waals surface area contributed by atoms with Gasteiger partial charge in [-0.3, -0.25) is 0 Å². The van der Waals surface area contributed by atoms with Crippen molar-refractivity contribution in [1.82, 2.24) is 0 Å². The molecule has 8 heteroatoms. The van der Waals surface area contributed by atoms with Crippen molar-refractivity contribution in [2.75, 3.05) is 13.2 Å². The zero-order valence-corrected chi connectivity index (χ0v) is 22.8. The molecule has 41 heavy (non-hydrogen) atoms. The van der Waals surface area contributed by atoms with Gasteiger partial charge in [-0.25, -0.2) is 13.6 Å². The van der Waals surface area contributed by atoms with E-state index in [-0.39, 0.29) is 29.0 Å². The van der Waals surface area contributed by atoms with Crippen molar-refractivity contribution < 1.29 is 36.6 Å². The maximum absolute atomic E-state index is 14.9. The van der Waals surface area contributed by atoms with Crippen molar-refractivity contribution in [2.45, 2.75) is 39.5 Å². The van der Waals surface area contributed by atoms with Gasteiger partial charge >= 0.3 is 5.97 Å². The molecule has 0 aromatic heterocycles. The average Bonchev–Trinajstić information content (AvgIpc) is 2.99. The molecule has 0 bridgehead atoms. The highest BCUT2D eigenvalue weighted by atomic mass is 19.2. The highest BCUT2D eigenvalue weighted by molar-refractivity contribution is 5.91. The summed E-state index contributed by atoms with van der Waals surface area (Å²) in [6.07, 6.45) is 3.47. The van der Waals surface area contributed by atoms with Crippen LogP contribution in [-0.4, -0.2) is 19.2 Å². The zero-order chi connectivity index (χ0) is 29.4. The van der Waals surface area contributed by atoms with Crippen molar-refractivity contribution in [1.29, 1.82) is 0 Å². The smallest absolute Gasteiger partial charge is 0.343 e. The minimum Gasteiger partial charge on any atom is -0.494 e. The first-order valence-corrected chi connectivity index (χ1v) is 13.5. The number of halogens is 4. The number of esters is 1. The van der Waals surface area contributed by atoms with E-state index in [1.807, 2.05) is 6.92 Å². The summed E-state index contributed by atoms with van der Waals surface area (Å²) < 4.78 is 74.9. The number of carbonyl (C=O) groups is 1. The third-order valence-electron chi connectivity index (χ3n) is 6.42. The molecule has 0 atom stereocenters. The van der Waals surface area contributed by atoms with E-state index in [1.165, 1.54) is 48.5 Å². The van der Waals surface area contributed by atoms with Gasteiger partial charge in [-0.05, 0) is 72.5 Å². The highest BCUT2D eigenvalue weighted by Gasteiger charge is 2.20. The fraction of sp³-hybridized carbons (Fsp3) is 0.242. The fourth-order valence-electron chi connectivity index (χ4n) is 4.04. The molecule has 4 rings (SSSR count). The first kappa shape index (κ1) is 29.6. The Labute approximate surface area is 236 Å². The van der Waals surface area contributed by atoms with Crippen LogP contribution in [0.2, 0.25) is 0 Å². The average molecular weight is 567 g/mol. The van der Waals surface area contributed by atoms with Gasteiger partial charge in [-0.2, -0.15) is 8.78 Å². The Hall–Kier alpha value is -4.33. The van der Waals surface area contributed by atoms with Crippen molar-refractivity contribution >= 4 is 5.97 Å². The molecule has 4 aromatic carbocycles.